The Morgan fingerprint density at radius 3 is 2.71 bits per heavy atom. The summed E-state index contributed by atoms with van der Waals surface area (Å²) in [6, 6.07) is 15.6. The Morgan fingerprint density at radius 1 is 1.17 bits per heavy atom. The molecule has 4 nitrogen and oxygen atoms in total. The first-order valence-corrected chi connectivity index (χ1v) is 9.08. The van der Waals surface area contributed by atoms with Crippen molar-refractivity contribution in [3.63, 3.8) is 0 Å². The van der Waals surface area contributed by atoms with Gasteiger partial charge in [0.1, 0.15) is 0 Å². The van der Waals surface area contributed by atoms with E-state index in [1.165, 1.54) is 12.0 Å². The van der Waals surface area contributed by atoms with Crippen molar-refractivity contribution in [2.45, 2.75) is 31.6 Å². The van der Waals surface area contributed by atoms with Gasteiger partial charge in [0.25, 0.3) is 0 Å². The zero-order valence-electron chi connectivity index (χ0n) is 13.4. The molecule has 2 unspecified atom stereocenters. The number of piperazine rings is 1. The van der Waals surface area contributed by atoms with Gasteiger partial charge in [0, 0.05) is 48.9 Å². The molecule has 2 bridgehead atoms. The summed E-state index contributed by atoms with van der Waals surface area (Å²) in [6.45, 7) is 4.09. The van der Waals surface area contributed by atoms with Crippen LogP contribution in [0.5, 0.6) is 0 Å². The van der Waals surface area contributed by atoms with Crippen LogP contribution in [0.25, 0.3) is 0 Å². The van der Waals surface area contributed by atoms with Crippen molar-refractivity contribution in [3.05, 3.63) is 63.9 Å². The molecule has 1 aromatic heterocycles. The minimum absolute atomic E-state index is 0.630. The summed E-state index contributed by atoms with van der Waals surface area (Å²) in [5.41, 5.74) is 3.13. The maximum Gasteiger partial charge on any atom is 0.0991 e. The lowest BCUT2D eigenvalue weighted by molar-refractivity contribution is -0.0777. The summed E-state index contributed by atoms with van der Waals surface area (Å²) in [7, 11) is 0. The highest BCUT2D eigenvalue weighted by Crippen LogP contribution is 2.34. The number of halogens is 1. The monoisotopic (exact) mass is 382 g/mol. The van der Waals surface area contributed by atoms with Crippen LogP contribution >= 0.6 is 15.9 Å². The van der Waals surface area contributed by atoms with Crippen molar-refractivity contribution < 1.29 is 0 Å². The molecule has 24 heavy (non-hydrogen) atoms. The number of hydrogen-bond donors (Lipinski definition) is 0. The Labute approximate surface area is 150 Å². The second-order valence-corrected chi connectivity index (χ2v) is 7.61. The SMILES string of the molecule is N#Cc1cccc(CN2C3CC2CN(Cc2ccc(Br)cn2)C3)c1. The van der Waals surface area contributed by atoms with Gasteiger partial charge < -0.3 is 0 Å². The minimum Gasteiger partial charge on any atom is -0.294 e. The van der Waals surface area contributed by atoms with Gasteiger partial charge in [-0.2, -0.15) is 5.26 Å². The third-order valence-corrected chi connectivity index (χ3v) is 5.48. The molecule has 0 saturated carbocycles. The van der Waals surface area contributed by atoms with Gasteiger partial charge in [-0.25, -0.2) is 0 Å². The zero-order chi connectivity index (χ0) is 16.5. The van der Waals surface area contributed by atoms with Gasteiger partial charge in [-0.15, -0.1) is 0 Å². The van der Waals surface area contributed by atoms with Crippen molar-refractivity contribution >= 4 is 15.9 Å². The second-order valence-electron chi connectivity index (χ2n) is 6.69. The first-order valence-electron chi connectivity index (χ1n) is 8.29. The molecule has 1 aromatic carbocycles. The second kappa shape index (κ2) is 6.64. The maximum absolute atomic E-state index is 9.04. The molecule has 3 aliphatic heterocycles. The van der Waals surface area contributed by atoms with Gasteiger partial charge >= 0.3 is 0 Å². The van der Waals surface area contributed by atoms with E-state index in [0.29, 0.717) is 12.1 Å². The van der Waals surface area contributed by atoms with E-state index >= 15 is 0 Å². The Morgan fingerprint density at radius 2 is 2.00 bits per heavy atom. The molecule has 3 saturated heterocycles. The van der Waals surface area contributed by atoms with Crippen LogP contribution < -0.4 is 0 Å². The third-order valence-electron chi connectivity index (χ3n) is 5.02. The summed E-state index contributed by atoms with van der Waals surface area (Å²) in [5, 5.41) is 9.04. The average molecular weight is 383 g/mol. The molecular formula is C19H19BrN4. The van der Waals surface area contributed by atoms with Crippen molar-refractivity contribution in [2.24, 2.45) is 0 Å². The molecule has 0 amide bonds. The summed E-state index contributed by atoms with van der Waals surface area (Å²) >= 11 is 3.43. The fourth-order valence-corrected chi connectivity index (χ4v) is 4.08. The number of pyridine rings is 1. The van der Waals surface area contributed by atoms with Crippen LogP contribution in [0.3, 0.4) is 0 Å². The Kier molecular flexibility index (Phi) is 4.36. The minimum atomic E-state index is 0.630. The van der Waals surface area contributed by atoms with E-state index in [-0.39, 0.29) is 0 Å². The van der Waals surface area contributed by atoms with Gasteiger partial charge in [0.05, 0.1) is 17.3 Å². The summed E-state index contributed by atoms with van der Waals surface area (Å²) in [4.78, 5) is 9.58. The highest BCUT2D eigenvalue weighted by molar-refractivity contribution is 9.10. The van der Waals surface area contributed by atoms with Crippen LogP contribution in [0.15, 0.2) is 47.1 Å². The number of hydrogen-bond acceptors (Lipinski definition) is 4. The molecule has 122 valence electrons. The molecule has 0 aliphatic carbocycles. The number of nitriles is 1. The van der Waals surface area contributed by atoms with Gasteiger partial charge in [-0.05, 0) is 52.2 Å². The molecule has 2 aromatic rings. The lowest BCUT2D eigenvalue weighted by Gasteiger charge is -2.56. The zero-order valence-corrected chi connectivity index (χ0v) is 15.0. The van der Waals surface area contributed by atoms with Crippen molar-refractivity contribution in [2.75, 3.05) is 13.1 Å². The van der Waals surface area contributed by atoms with E-state index in [2.05, 4.69) is 55.0 Å². The third kappa shape index (κ3) is 3.23. The van der Waals surface area contributed by atoms with E-state index in [9.17, 15) is 0 Å². The smallest absolute Gasteiger partial charge is 0.0991 e. The van der Waals surface area contributed by atoms with Gasteiger partial charge in [-0.1, -0.05) is 12.1 Å². The number of fused-ring (bicyclic) bond motifs is 2. The Bertz CT molecular complexity index is 756. The van der Waals surface area contributed by atoms with Crippen LogP contribution in [-0.2, 0) is 13.1 Å². The van der Waals surface area contributed by atoms with Gasteiger partial charge in [-0.3, -0.25) is 14.8 Å². The summed E-state index contributed by atoms with van der Waals surface area (Å²) in [6.07, 6.45) is 3.16. The molecular weight excluding hydrogens is 364 g/mol. The molecule has 0 radical (unpaired) electrons. The van der Waals surface area contributed by atoms with Crippen molar-refractivity contribution in [3.8, 4) is 6.07 Å². The predicted octanol–water partition coefficient (Wildman–Crippen LogP) is 3.17. The van der Waals surface area contributed by atoms with Crippen LogP contribution in [0.4, 0.5) is 0 Å². The van der Waals surface area contributed by atoms with E-state index in [4.69, 9.17) is 5.26 Å². The Balaban J connectivity index is 1.36. The average Bonchev–Trinajstić information content (AvgIpc) is 2.62. The highest BCUT2D eigenvalue weighted by Gasteiger charge is 2.44. The number of nitrogens with zero attached hydrogens (tertiary/aromatic N) is 4. The molecule has 0 N–H and O–H groups in total. The quantitative estimate of drug-likeness (QED) is 0.814. The largest absolute Gasteiger partial charge is 0.294 e. The molecule has 3 fully saturated rings. The fraction of sp³-hybridized carbons (Fsp3) is 0.368. The van der Waals surface area contributed by atoms with E-state index < -0.39 is 0 Å². The van der Waals surface area contributed by atoms with E-state index in [0.717, 1.165) is 41.9 Å². The predicted molar refractivity (Wildman–Crippen MR) is 96.1 cm³/mol. The normalized spacial score (nSPS) is 23.5. The lowest BCUT2D eigenvalue weighted by atomic mass is 9.86. The number of piperidine rings is 1. The lowest BCUT2D eigenvalue weighted by Crippen LogP contribution is -2.67. The standard InChI is InChI=1S/C19H19BrN4/c20-16-4-5-17(22-9-16)11-23-12-18-7-19(13-23)24(18)10-15-3-1-2-14(6-15)8-21/h1-6,9,18-19H,7,10-13H2. The Hall–Kier alpha value is -1.74. The summed E-state index contributed by atoms with van der Waals surface area (Å²) < 4.78 is 1.03. The van der Waals surface area contributed by atoms with Crippen molar-refractivity contribution in [1.29, 1.82) is 5.26 Å². The van der Waals surface area contributed by atoms with E-state index in [1.807, 2.05) is 24.4 Å². The van der Waals surface area contributed by atoms with Crippen LogP contribution in [0.1, 0.15) is 23.2 Å². The molecule has 5 heteroatoms. The van der Waals surface area contributed by atoms with Crippen LogP contribution in [0.2, 0.25) is 0 Å². The molecule has 0 spiro atoms. The van der Waals surface area contributed by atoms with Crippen LogP contribution in [0, 0.1) is 11.3 Å². The molecule has 5 rings (SSSR count). The summed E-state index contributed by atoms with van der Waals surface area (Å²) in [5.74, 6) is 0. The first-order chi connectivity index (χ1) is 11.7. The van der Waals surface area contributed by atoms with E-state index in [1.54, 1.807) is 0 Å². The molecule has 4 heterocycles. The first kappa shape index (κ1) is 15.8. The number of benzene rings is 1. The number of rotatable bonds is 4. The van der Waals surface area contributed by atoms with Crippen LogP contribution in [-0.4, -0.2) is 40.0 Å². The van der Waals surface area contributed by atoms with Crippen molar-refractivity contribution in [1.82, 2.24) is 14.8 Å². The molecule has 3 aliphatic rings. The maximum atomic E-state index is 9.04. The highest BCUT2D eigenvalue weighted by atomic mass is 79.9. The van der Waals surface area contributed by atoms with Gasteiger partial charge in [0.2, 0.25) is 0 Å². The topological polar surface area (TPSA) is 43.2 Å². The molecule has 2 atom stereocenters. The fourth-order valence-electron chi connectivity index (χ4n) is 3.84. The number of aromatic nitrogens is 1. The van der Waals surface area contributed by atoms with Gasteiger partial charge in [0.15, 0.2) is 0 Å².